The minimum Gasteiger partial charge on any atom is -0.267 e. The summed E-state index contributed by atoms with van der Waals surface area (Å²) in [6.45, 7) is 0. The molecule has 1 aliphatic heterocycles. The summed E-state index contributed by atoms with van der Waals surface area (Å²) in [6.07, 6.45) is 2.32. The quantitative estimate of drug-likeness (QED) is 0.413. The van der Waals surface area contributed by atoms with Gasteiger partial charge >= 0.3 is 0 Å². The molecule has 0 N–H and O–H groups in total. The molecule has 0 aliphatic carbocycles. The van der Waals surface area contributed by atoms with Crippen molar-refractivity contribution in [2.45, 2.75) is 0 Å². The largest absolute Gasteiger partial charge is 0.282 e. The van der Waals surface area contributed by atoms with Crippen LogP contribution in [0.1, 0.15) is 5.56 Å². The van der Waals surface area contributed by atoms with Crippen LogP contribution in [0.4, 0.5) is 0 Å². The van der Waals surface area contributed by atoms with Gasteiger partial charge in [0.15, 0.2) is 0 Å². The number of hydrogen-bond acceptors (Lipinski definition) is 4. The van der Waals surface area contributed by atoms with Gasteiger partial charge in [0.1, 0.15) is 0 Å². The first-order valence-electron chi connectivity index (χ1n) is 4.47. The van der Waals surface area contributed by atoms with Crippen molar-refractivity contribution in [1.29, 1.82) is 0 Å². The van der Waals surface area contributed by atoms with E-state index in [-0.39, 0.29) is 5.57 Å². The summed E-state index contributed by atoms with van der Waals surface area (Å²) in [6, 6.07) is 8.70. The third kappa shape index (κ3) is 1.55. The molecule has 0 saturated heterocycles. The summed E-state index contributed by atoms with van der Waals surface area (Å²) in [5.74, 6) is -1.24. The maximum Gasteiger partial charge on any atom is 0.282 e. The smallest absolute Gasteiger partial charge is 0.267 e. The Hall–Kier alpha value is -2.52. The second-order valence-corrected chi connectivity index (χ2v) is 3.07. The number of amides is 2. The van der Waals surface area contributed by atoms with Gasteiger partial charge in [0, 0.05) is 6.08 Å². The predicted octanol–water partition coefficient (Wildman–Crippen LogP) is 0.690. The zero-order valence-corrected chi connectivity index (χ0v) is 8.08. The minimum absolute atomic E-state index is 0.226. The molecule has 5 nitrogen and oxygen atoms in total. The highest BCUT2D eigenvalue weighted by atomic mass is 16.2. The van der Waals surface area contributed by atoms with Gasteiger partial charge in [-0.05, 0) is 5.56 Å². The molecule has 2 amide bonds. The molecule has 2 rings (SSSR count). The normalized spacial score (nSPS) is 14.8. The summed E-state index contributed by atoms with van der Waals surface area (Å²) in [4.78, 5) is 33.0. The van der Waals surface area contributed by atoms with Crippen LogP contribution in [0.15, 0.2) is 41.5 Å². The van der Waals surface area contributed by atoms with Crippen molar-refractivity contribution in [3.63, 3.8) is 0 Å². The van der Waals surface area contributed by atoms with Crippen LogP contribution in [0.3, 0.4) is 0 Å². The summed E-state index contributed by atoms with van der Waals surface area (Å²) in [7, 11) is 0. The van der Waals surface area contributed by atoms with E-state index < -0.39 is 11.8 Å². The lowest BCUT2D eigenvalue weighted by atomic mass is 10.1. The molecule has 1 aliphatic rings. The van der Waals surface area contributed by atoms with E-state index in [1.807, 2.05) is 0 Å². The van der Waals surface area contributed by atoms with Crippen LogP contribution in [-0.4, -0.2) is 22.9 Å². The standard InChI is InChI=1S/C11H6N2O3/c14-7-12-13-10(15)6-9(11(13)16)8-4-2-1-3-5-8/h1-6H. The number of hydrazone groups is 1. The molecule has 1 aromatic rings. The van der Waals surface area contributed by atoms with Crippen LogP contribution < -0.4 is 0 Å². The Bertz CT molecular complexity index is 527. The van der Waals surface area contributed by atoms with Crippen LogP contribution in [0, 0.1) is 0 Å². The predicted molar refractivity (Wildman–Crippen MR) is 54.4 cm³/mol. The third-order valence-corrected chi connectivity index (χ3v) is 2.12. The summed E-state index contributed by atoms with van der Waals surface area (Å²) in [5, 5.41) is 3.53. The van der Waals surface area contributed by atoms with Crippen LogP contribution >= 0.6 is 0 Å². The van der Waals surface area contributed by atoms with Gasteiger partial charge in [0.05, 0.1) is 5.57 Å². The van der Waals surface area contributed by atoms with E-state index in [1.165, 1.54) is 6.08 Å². The molecule has 0 spiro atoms. The number of isocyanates is 1. The molecule has 16 heavy (non-hydrogen) atoms. The van der Waals surface area contributed by atoms with E-state index in [2.05, 4.69) is 5.10 Å². The van der Waals surface area contributed by atoms with Crippen molar-refractivity contribution in [2.75, 3.05) is 0 Å². The van der Waals surface area contributed by atoms with E-state index >= 15 is 0 Å². The zero-order valence-electron chi connectivity index (χ0n) is 8.08. The van der Waals surface area contributed by atoms with E-state index in [0.29, 0.717) is 10.6 Å². The molecule has 78 valence electrons. The fourth-order valence-corrected chi connectivity index (χ4v) is 1.42. The van der Waals surface area contributed by atoms with E-state index in [1.54, 1.807) is 30.3 Å². The minimum atomic E-state index is -0.632. The van der Waals surface area contributed by atoms with Crippen LogP contribution in [0.5, 0.6) is 0 Å². The number of carbonyl (C=O) groups excluding carboxylic acids is 3. The lowest BCUT2D eigenvalue weighted by Gasteiger charge is -2.04. The fraction of sp³-hybridized carbons (Fsp3) is 0. The molecule has 5 heteroatoms. The summed E-state index contributed by atoms with van der Waals surface area (Å²) >= 11 is 0. The van der Waals surface area contributed by atoms with E-state index in [4.69, 9.17) is 0 Å². The Morgan fingerprint density at radius 2 is 1.81 bits per heavy atom. The monoisotopic (exact) mass is 214 g/mol. The van der Waals surface area contributed by atoms with Gasteiger partial charge < -0.3 is 0 Å². The molecular formula is C11H6N2O3. The Kier molecular flexibility index (Phi) is 2.45. The average Bonchev–Trinajstić information content (AvgIpc) is 2.59. The van der Waals surface area contributed by atoms with Gasteiger partial charge in [0.2, 0.25) is 0 Å². The molecule has 0 atom stereocenters. The highest BCUT2D eigenvalue weighted by Gasteiger charge is 2.31. The van der Waals surface area contributed by atoms with Crippen LogP contribution in [-0.2, 0) is 14.4 Å². The van der Waals surface area contributed by atoms with E-state index in [9.17, 15) is 14.4 Å². The van der Waals surface area contributed by atoms with Crippen molar-refractivity contribution in [2.24, 2.45) is 5.10 Å². The molecule has 0 saturated carbocycles. The first kappa shape index (κ1) is 10.0. The highest BCUT2D eigenvalue weighted by Crippen LogP contribution is 2.22. The molecule has 1 heterocycles. The molecule has 0 aromatic heterocycles. The molecular weight excluding hydrogens is 208 g/mol. The van der Waals surface area contributed by atoms with Gasteiger partial charge in [-0.1, -0.05) is 35.4 Å². The molecule has 0 unspecified atom stereocenters. The summed E-state index contributed by atoms with van der Waals surface area (Å²) in [5.41, 5.74) is 0.842. The Balaban J connectivity index is 2.40. The van der Waals surface area contributed by atoms with Gasteiger partial charge in [-0.15, -0.1) is 5.01 Å². The van der Waals surface area contributed by atoms with Crippen LogP contribution in [0.25, 0.3) is 5.57 Å². The highest BCUT2D eigenvalue weighted by molar-refractivity contribution is 6.33. The molecule has 0 radical (unpaired) electrons. The van der Waals surface area contributed by atoms with Crippen molar-refractivity contribution in [1.82, 2.24) is 5.01 Å². The van der Waals surface area contributed by atoms with Crippen molar-refractivity contribution < 1.29 is 14.4 Å². The average molecular weight is 214 g/mol. The molecule has 1 aromatic carbocycles. The number of rotatable bonds is 2. The molecule has 0 bridgehead atoms. The maximum absolute atomic E-state index is 11.7. The molecule has 0 fully saturated rings. The van der Waals surface area contributed by atoms with Gasteiger partial charge in [-0.3, -0.25) is 9.59 Å². The maximum atomic E-state index is 11.7. The van der Waals surface area contributed by atoms with Crippen molar-refractivity contribution >= 4 is 23.5 Å². The van der Waals surface area contributed by atoms with E-state index in [0.717, 1.165) is 6.08 Å². The van der Waals surface area contributed by atoms with Crippen LogP contribution in [0.2, 0.25) is 0 Å². The third-order valence-electron chi connectivity index (χ3n) is 2.12. The number of imide groups is 1. The second kappa shape index (κ2) is 3.92. The van der Waals surface area contributed by atoms with Crippen molar-refractivity contribution in [3.05, 3.63) is 42.0 Å². The Morgan fingerprint density at radius 1 is 1.12 bits per heavy atom. The van der Waals surface area contributed by atoms with Gasteiger partial charge in [0.25, 0.3) is 17.9 Å². The second-order valence-electron chi connectivity index (χ2n) is 3.07. The zero-order chi connectivity index (χ0) is 11.5. The SMILES string of the molecule is O=C=NN1C(=O)C=C(c2ccccc2)C1=O. The van der Waals surface area contributed by atoms with Gasteiger partial charge in [-0.25, -0.2) is 4.79 Å². The Morgan fingerprint density at radius 3 is 2.44 bits per heavy atom. The fourth-order valence-electron chi connectivity index (χ4n) is 1.42. The van der Waals surface area contributed by atoms with Crippen molar-refractivity contribution in [3.8, 4) is 0 Å². The summed E-state index contributed by atoms with van der Waals surface area (Å²) < 4.78 is 0. The number of carbonyl (C=O) groups is 2. The number of benzene rings is 1. The first-order chi connectivity index (χ1) is 7.74. The topological polar surface area (TPSA) is 66.8 Å². The lowest BCUT2D eigenvalue weighted by Crippen LogP contribution is -2.24. The Labute approximate surface area is 90.7 Å². The first-order valence-corrected chi connectivity index (χ1v) is 4.47. The number of hydrogen-bond donors (Lipinski definition) is 0. The number of nitrogens with zero attached hydrogens (tertiary/aromatic N) is 2. The lowest BCUT2D eigenvalue weighted by molar-refractivity contribution is -0.136. The van der Waals surface area contributed by atoms with Gasteiger partial charge in [-0.2, -0.15) is 0 Å².